The summed E-state index contributed by atoms with van der Waals surface area (Å²) in [5, 5.41) is 3.43. The molecular weight excluding hydrogens is 160 g/mol. The molecule has 1 unspecified atom stereocenters. The number of rotatable bonds is 7. The van der Waals surface area contributed by atoms with Crippen molar-refractivity contribution in [1.82, 2.24) is 5.32 Å². The zero-order chi connectivity index (χ0) is 9.73. The molecule has 1 saturated carbocycles. The van der Waals surface area contributed by atoms with Crippen molar-refractivity contribution in [3.8, 4) is 0 Å². The second-order valence-electron chi connectivity index (χ2n) is 4.77. The van der Waals surface area contributed by atoms with Crippen LogP contribution in [0.1, 0.15) is 46.0 Å². The largest absolute Gasteiger partial charge is 0.324 e. The first-order valence-corrected chi connectivity index (χ1v) is 5.63. The van der Waals surface area contributed by atoms with Crippen LogP contribution in [-0.4, -0.2) is 18.6 Å². The molecule has 0 aliphatic heterocycles. The highest BCUT2D eigenvalue weighted by atomic mass is 14.9. The summed E-state index contributed by atoms with van der Waals surface area (Å²) in [5.74, 6) is 1.07. The molecule has 1 aliphatic rings. The van der Waals surface area contributed by atoms with Gasteiger partial charge in [-0.05, 0) is 38.6 Å². The summed E-state index contributed by atoms with van der Waals surface area (Å²) in [6.45, 7) is 6.35. The highest BCUT2D eigenvalue weighted by Gasteiger charge is 2.20. The Bertz CT molecular complexity index is 139. The van der Waals surface area contributed by atoms with Gasteiger partial charge in [0.05, 0.1) is 0 Å². The van der Waals surface area contributed by atoms with Crippen LogP contribution in [0.3, 0.4) is 0 Å². The summed E-state index contributed by atoms with van der Waals surface area (Å²) < 4.78 is 0. The van der Waals surface area contributed by atoms with E-state index in [1.807, 2.05) is 0 Å². The molecule has 78 valence electrons. The Morgan fingerprint density at radius 3 is 2.69 bits per heavy atom. The van der Waals surface area contributed by atoms with Gasteiger partial charge >= 0.3 is 0 Å². The van der Waals surface area contributed by atoms with Crippen LogP contribution in [0, 0.1) is 5.92 Å². The minimum absolute atomic E-state index is 0.0143. The van der Waals surface area contributed by atoms with E-state index in [-0.39, 0.29) is 5.54 Å². The van der Waals surface area contributed by atoms with E-state index in [1.54, 1.807) is 0 Å². The second-order valence-corrected chi connectivity index (χ2v) is 4.77. The molecule has 0 aromatic rings. The first-order chi connectivity index (χ1) is 6.14. The van der Waals surface area contributed by atoms with Crippen molar-refractivity contribution in [3.63, 3.8) is 0 Å². The molecule has 0 heterocycles. The van der Waals surface area contributed by atoms with Crippen LogP contribution in [0.2, 0.25) is 0 Å². The van der Waals surface area contributed by atoms with Crippen LogP contribution in [0.15, 0.2) is 0 Å². The van der Waals surface area contributed by atoms with Crippen molar-refractivity contribution in [2.45, 2.75) is 51.5 Å². The Labute approximate surface area is 82.3 Å². The number of hydrogen-bond donors (Lipinski definition) is 2. The van der Waals surface area contributed by atoms with Crippen LogP contribution in [-0.2, 0) is 0 Å². The van der Waals surface area contributed by atoms with Gasteiger partial charge in [-0.3, -0.25) is 0 Å². The van der Waals surface area contributed by atoms with Crippen LogP contribution < -0.4 is 11.1 Å². The topological polar surface area (TPSA) is 38.0 Å². The molecule has 0 radical (unpaired) electrons. The highest BCUT2D eigenvalue weighted by Crippen LogP contribution is 2.33. The molecule has 1 atom stereocenters. The highest BCUT2D eigenvalue weighted by molar-refractivity contribution is 4.79. The van der Waals surface area contributed by atoms with E-state index in [2.05, 4.69) is 19.2 Å². The molecule has 0 spiro atoms. The molecule has 0 amide bonds. The average molecular weight is 184 g/mol. The summed E-state index contributed by atoms with van der Waals surface area (Å²) >= 11 is 0. The van der Waals surface area contributed by atoms with Gasteiger partial charge < -0.3 is 11.1 Å². The molecule has 0 aromatic heterocycles. The average Bonchev–Trinajstić information content (AvgIpc) is 2.87. The van der Waals surface area contributed by atoms with E-state index in [4.69, 9.17) is 5.73 Å². The van der Waals surface area contributed by atoms with Crippen LogP contribution in [0.25, 0.3) is 0 Å². The molecule has 0 saturated heterocycles. The zero-order valence-corrected chi connectivity index (χ0v) is 9.10. The van der Waals surface area contributed by atoms with Gasteiger partial charge in [-0.25, -0.2) is 0 Å². The molecule has 3 N–H and O–H groups in total. The molecule has 2 nitrogen and oxygen atoms in total. The van der Waals surface area contributed by atoms with E-state index in [0.717, 1.165) is 25.4 Å². The molecule has 1 aliphatic carbocycles. The lowest BCUT2D eigenvalue weighted by molar-refractivity contribution is 0.412. The van der Waals surface area contributed by atoms with E-state index < -0.39 is 0 Å². The van der Waals surface area contributed by atoms with Gasteiger partial charge in [0.1, 0.15) is 0 Å². The Hall–Kier alpha value is -0.0800. The predicted molar refractivity (Wildman–Crippen MR) is 57.7 cm³/mol. The molecule has 2 heteroatoms. The number of hydrogen-bond acceptors (Lipinski definition) is 2. The van der Waals surface area contributed by atoms with E-state index in [0.29, 0.717) is 0 Å². The minimum atomic E-state index is -0.0143. The first-order valence-electron chi connectivity index (χ1n) is 5.63. The second kappa shape index (κ2) is 4.97. The summed E-state index contributed by atoms with van der Waals surface area (Å²) in [4.78, 5) is 0. The molecule has 0 aromatic carbocycles. The Morgan fingerprint density at radius 1 is 1.46 bits per heavy atom. The van der Waals surface area contributed by atoms with Gasteiger partial charge in [0.15, 0.2) is 0 Å². The zero-order valence-electron chi connectivity index (χ0n) is 9.10. The predicted octanol–water partition coefficient (Wildman–Crippen LogP) is 1.89. The standard InChI is InChI=1S/C11H24N2/c1-3-11(2,12)9-13-8-4-5-10-6-7-10/h10,13H,3-9,12H2,1-2H3. The van der Waals surface area contributed by atoms with Gasteiger partial charge in [-0.2, -0.15) is 0 Å². The SMILES string of the molecule is CCC(C)(N)CNCCCC1CC1. The van der Waals surface area contributed by atoms with Gasteiger partial charge in [-0.1, -0.05) is 19.8 Å². The van der Waals surface area contributed by atoms with Crippen LogP contribution in [0.5, 0.6) is 0 Å². The Morgan fingerprint density at radius 2 is 2.15 bits per heavy atom. The van der Waals surface area contributed by atoms with Crippen molar-refractivity contribution >= 4 is 0 Å². The monoisotopic (exact) mass is 184 g/mol. The molecule has 13 heavy (non-hydrogen) atoms. The third-order valence-corrected chi connectivity index (χ3v) is 3.00. The van der Waals surface area contributed by atoms with Gasteiger partial charge in [0.25, 0.3) is 0 Å². The fourth-order valence-electron chi connectivity index (χ4n) is 1.42. The van der Waals surface area contributed by atoms with Crippen LogP contribution in [0.4, 0.5) is 0 Å². The Balaban J connectivity index is 1.87. The molecular formula is C11H24N2. The van der Waals surface area contributed by atoms with Gasteiger partial charge in [0, 0.05) is 12.1 Å². The summed E-state index contributed by atoms with van der Waals surface area (Å²) in [7, 11) is 0. The van der Waals surface area contributed by atoms with Crippen molar-refractivity contribution in [2.24, 2.45) is 11.7 Å². The normalized spacial score (nSPS) is 21.5. The summed E-state index contributed by atoms with van der Waals surface area (Å²) in [6, 6.07) is 0. The summed E-state index contributed by atoms with van der Waals surface area (Å²) in [5.41, 5.74) is 5.99. The minimum Gasteiger partial charge on any atom is -0.324 e. The maximum absolute atomic E-state index is 6.01. The fraction of sp³-hybridized carbons (Fsp3) is 1.00. The lowest BCUT2D eigenvalue weighted by Gasteiger charge is -2.22. The number of nitrogens with two attached hydrogens (primary N) is 1. The van der Waals surface area contributed by atoms with E-state index in [9.17, 15) is 0 Å². The third-order valence-electron chi connectivity index (χ3n) is 3.00. The quantitative estimate of drug-likeness (QED) is 0.593. The van der Waals surface area contributed by atoms with E-state index >= 15 is 0 Å². The summed E-state index contributed by atoms with van der Waals surface area (Å²) in [6.07, 6.45) is 6.74. The molecule has 1 fully saturated rings. The fourth-order valence-corrected chi connectivity index (χ4v) is 1.42. The third kappa shape index (κ3) is 5.27. The van der Waals surface area contributed by atoms with E-state index in [1.165, 1.54) is 25.7 Å². The van der Waals surface area contributed by atoms with Gasteiger partial charge in [0.2, 0.25) is 0 Å². The molecule has 0 bridgehead atoms. The first kappa shape index (κ1) is 11.0. The van der Waals surface area contributed by atoms with Crippen molar-refractivity contribution in [3.05, 3.63) is 0 Å². The lowest BCUT2D eigenvalue weighted by atomic mass is 10.0. The van der Waals surface area contributed by atoms with Crippen molar-refractivity contribution < 1.29 is 0 Å². The van der Waals surface area contributed by atoms with Gasteiger partial charge in [-0.15, -0.1) is 0 Å². The number of nitrogens with one attached hydrogen (secondary N) is 1. The van der Waals surface area contributed by atoms with Crippen LogP contribution >= 0.6 is 0 Å². The maximum atomic E-state index is 6.01. The van der Waals surface area contributed by atoms with Crippen molar-refractivity contribution in [2.75, 3.05) is 13.1 Å². The smallest absolute Gasteiger partial charge is 0.0249 e. The van der Waals surface area contributed by atoms with Crippen molar-refractivity contribution in [1.29, 1.82) is 0 Å². The molecule has 1 rings (SSSR count). The maximum Gasteiger partial charge on any atom is 0.0249 e. The lowest BCUT2D eigenvalue weighted by Crippen LogP contribution is -2.45. The Kier molecular flexibility index (Phi) is 4.20.